The molecule has 5 nitrogen and oxygen atoms in total. The van der Waals surface area contributed by atoms with Gasteiger partial charge in [0.1, 0.15) is 0 Å². The number of hydrogen-bond acceptors (Lipinski definition) is 3. The Morgan fingerprint density at radius 2 is 1.95 bits per heavy atom. The van der Waals surface area contributed by atoms with Crippen molar-refractivity contribution < 1.29 is 9.59 Å². The highest BCUT2D eigenvalue weighted by molar-refractivity contribution is 5.96. The third-order valence-electron chi connectivity index (χ3n) is 3.33. The van der Waals surface area contributed by atoms with Crippen molar-refractivity contribution in [2.75, 3.05) is 19.6 Å². The molecule has 1 aliphatic heterocycles. The van der Waals surface area contributed by atoms with Crippen LogP contribution in [0.2, 0.25) is 0 Å². The van der Waals surface area contributed by atoms with E-state index in [1.807, 2.05) is 24.1 Å². The predicted octanol–water partition coefficient (Wildman–Crippen LogP) is 1.24. The first-order valence-corrected chi connectivity index (χ1v) is 7.04. The second-order valence-electron chi connectivity index (χ2n) is 5.13. The van der Waals surface area contributed by atoms with Crippen molar-refractivity contribution in [2.45, 2.75) is 26.2 Å². The quantitative estimate of drug-likeness (QED) is 0.869. The first-order valence-electron chi connectivity index (χ1n) is 7.04. The zero-order valence-electron chi connectivity index (χ0n) is 11.8. The summed E-state index contributed by atoms with van der Waals surface area (Å²) < 4.78 is 0. The fourth-order valence-electron chi connectivity index (χ4n) is 2.27. The highest BCUT2D eigenvalue weighted by Gasteiger charge is 2.13. The van der Waals surface area contributed by atoms with Crippen LogP contribution in [0, 0.1) is 6.92 Å². The molecule has 0 bridgehead atoms. The fourth-order valence-corrected chi connectivity index (χ4v) is 2.27. The lowest BCUT2D eigenvalue weighted by Crippen LogP contribution is -2.48. The molecule has 2 rings (SSSR count). The number of carbonyl (C=O) groups excluding carboxylic acids is 2. The Balaban J connectivity index is 1.76. The molecule has 0 aliphatic carbocycles. The van der Waals surface area contributed by atoms with E-state index in [1.165, 1.54) is 6.42 Å². The van der Waals surface area contributed by atoms with Crippen LogP contribution in [0.3, 0.4) is 0 Å². The molecule has 0 unspecified atom stereocenters. The van der Waals surface area contributed by atoms with E-state index < -0.39 is 0 Å². The SMILES string of the molecule is Cc1cccc(C(=O)NCC(=O)NN2CCCCC2)c1. The smallest absolute Gasteiger partial charge is 0.253 e. The minimum absolute atomic E-state index is 0.00325. The summed E-state index contributed by atoms with van der Waals surface area (Å²) in [5.74, 6) is -0.393. The number of nitrogens with zero attached hydrogens (tertiary/aromatic N) is 1. The Labute approximate surface area is 119 Å². The van der Waals surface area contributed by atoms with E-state index in [2.05, 4.69) is 10.7 Å². The van der Waals surface area contributed by atoms with E-state index in [9.17, 15) is 9.59 Å². The average Bonchev–Trinajstić information content (AvgIpc) is 2.46. The van der Waals surface area contributed by atoms with Crippen LogP contribution >= 0.6 is 0 Å². The molecular formula is C15H21N3O2. The van der Waals surface area contributed by atoms with Crippen LogP contribution in [0.15, 0.2) is 24.3 Å². The maximum absolute atomic E-state index is 11.9. The molecular weight excluding hydrogens is 254 g/mol. The first-order chi connectivity index (χ1) is 9.65. The van der Waals surface area contributed by atoms with E-state index in [0.717, 1.165) is 31.5 Å². The van der Waals surface area contributed by atoms with Crippen LogP contribution in [-0.4, -0.2) is 36.5 Å². The van der Waals surface area contributed by atoms with Gasteiger partial charge in [-0.3, -0.25) is 15.0 Å². The minimum Gasteiger partial charge on any atom is -0.343 e. The molecule has 1 aliphatic rings. The summed E-state index contributed by atoms with van der Waals surface area (Å²) in [5.41, 5.74) is 4.42. The standard InChI is InChI=1S/C15H21N3O2/c1-12-6-5-7-13(10-12)15(20)16-11-14(19)17-18-8-3-2-4-9-18/h5-7,10H,2-4,8-9,11H2,1H3,(H,16,20)(H,17,19). The van der Waals surface area contributed by atoms with E-state index >= 15 is 0 Å². The molecule has 1 aromatic rings. The summed E-state index contributed by atoms with van der Waals surface area (Å²) in [5, 5.41) is 4.56. The van der Waals surface area contributed by atoms with Gasteiger partial charge in [-0.25, -0.2) is 5.01 Å². The van der Waals surface area contributed by atoms with E-state index in [1.54, 1.807) is 12.1 Å². The molecule has 1 heterocycles. The second-order valence-corrected chi connectivity index (χ2v) is 5.13. The van der Waals surface area contributed by atoms with Gasteiger partial charge in [0.25, 0.3) is 11.8 Å². The molecule has 0 spiro atoms. The third kappa shape index (κ3) is 4.35. The van der Waals surface area contributed by atoms with Gasteiger partial charge < -0.3 is 5.32 Å². The van der Waals surface area contributed by atoms with Gasteiger partial charge in [-0.15, -0.1) is 0 Å². The number of nitrogens with one attached hydrogen (secondary N) is 2. The second kappa shape index (κ2) is 7.05. The molecule has 0 radical (unpaired) electrons. The predicted molar refractivity (Wildman–Crippen MR) is 77.1 cm³/mol. The molecule has 0 aromatic heterocycles. The summed E-state index contributed by atoms with van der Waals surface area (Å²) >= 11 is 0. The van der Waals surface area contributed by atoms with Gasteiger partial charge in [-0.2, -0.15) is 0 Å². The lowest BCUT2D eigenvalue weighted by Gasteiger charge is -2.26. The Morgan fingerprint density at radius 1 is 1.20 bits per heavy atom. The zero-order chi connectivity index (χ0) is 14.4. The van der Waals surface area contributed by atoms with Gasteiger partial charge in [0.05, 0.1) is 6.54 Å². The molecule has 2 amide bonds. The Morgan fingerprint density at radius 3 is 2.65 bits per heavy atom. The number of carbonyl (C=O) groups is 2. The lowest BCUT2D eigenvalue weighted by molar-refractivity contribution is -0.125. The molecule has 20 heavy (non-hydrogen) atoms. The normalized spacial score (nSPS) is 15.7. The minimum atomic E-state index is -0.220. The summed E-state index contributed by atoms with van der Waals surface area (Å²) in [6, 6.07) is 7.31. The molecule has 1 saturated heterocycles. The van der Waals surface area contributed by atoms with Crippen molar-refractivity contribution in [3.05, 3.63) is 35.4 Å². The number of hydrogen-bond donors (Lipinski definition) is 2. The van der Waals surface area contributed by atoms with Crippen molar-refractivity contribution in [3.8, 4) is 0 Å². The highest BCUT2D eigenvalue weighted by atomic mass is 16.2. The first kappa shape index (κ1) is 14.5. The summed E-state index contributed by atoms with van der Waals surface area (Å²) in [6.45, 7) is 3.71. The molecule has 2 N–H and O–H groups in total. The van der Waals surface area contributed by atoms with Gasteiger partial charge in [0.15, 0.2) is 0 Å². The largest absolute Gasteiger partial charge is 0.343 e. The van der Waals surface area contributed by atoms with Crippen LogP contribution in [-0.2, 0) is 4.79 Å². The molecule has 0 saturated carbocycles. The highest BCUT2D eigenvalue weighted by Crippen LogP contribution is 2.05. The van der Waals surface area contributed by atoms with Gasteiger partial charge in [0, 0.05) is 18.7 Å². The number of benzene rings is 1. The summed E-state index contributed by atoms with van der Waals surface area (Å²) in [4.78, 5) is 23.6. The zero-order valence-corrected chi connectivity index (χ0v) is 11.8. The van der Waals surface area contributed by atoms with Crippen molar-refractivity contribution >= 4 is 11.8 Å². The van der Waals surface area contributed by atoms with Crippen LogP contribution < -0.4 is 10.7 Å². The number of hydrazine groups is 1. The Kier molecular flexibility index (Phi) is 5.12. The van der Waals surface area contributed by atoms with Crippen LogP contribution in [0.4, 0.5) is 0 Å². The summed E-state index contributed by atoms with van der Waals surface area (Å²) in [7, 11) is 0. The Hall–Kier alpha value is -1.88. The summed E-state index contributed by atoms with van der Waals surface area (Å²) in [6.07, 6.45) is 3.43. The molecule has 1 aromatic carbocycles. The van der Waals surface area contributed by atoms with Gasteiger partial charge in [-0.05, 0) is 31.9 Å². The third-order valence-corrected chi connectivity index (χ3v) is 3.33. The van der Waals surface area contributed by atoms with Crippen molar-refractivity contribution in [3.63, 3.8) is 0 Å². The van der Waals surface area contributed by atoms with Gasteiger partial charge in [0.2, 0.25) is 0 Å². The van der Waals surface area contributed by atoms with E-state index in [4.69, 9.17) is 0 Å². The fraction of sp³-hybridized carbons (Fsp3) is 0.467. The number of piperidine rings is 1. The van der Waals surface area contributed by atoms with Crippen molar-refractivity contribution in [1.29, 1.82) is 0 Å². The number of amides is 2. The maximum atomic E-state index is 11.9. The van der Waals surface area contributed by atoms with Gasteiger partial charge >= 0.3 is 0 Å². The topological polar surface area (TPSA) is 61.4 Å². The molecule has 1 fully saturated rings. The Bertz CT molecular complexity index is 482. The van der Waals surface area contributed by atoms with Crippen LogP contribution in [0.25, 0.3) is 0 Å². The average molecular weight is 275 g/mol. The van der Waals surface area contributed by atoms with Crippen molar-refractivity contribution in [1.82, 2.24) is 15.8 Å². The molecule has 0 atom stereocenters. The van der Waals surface area contributed by atoms with Gasteiger partial charge in [-0.1, -0.05) is 24.1 Å². The number of aryl methyl sites for hydroxylation is 1. The van der Waals surface area contributed by atoms with E-state index in [0.29, 0.717) is 5.56 Å². The number of rotatable bonds is 4. The van der Waals surface area contributed by atoms with Crippen LogP contribution in [0.5, 0.6) is 0 Å². The van der Waals surface area contributed by atoms with E-state index in [-0.39, 0.29) is 18.4 Å². The van der Waals surface area contributed by atoms with Crippen LogP contribution in [0.1, 0.15) is 35.2 Å². The monoisotopic (exact) mass is 275 g/mol. The maximum Gasteiger partial charge on any atom is 0.253 e. The molecule has 108 valence electrons. The lowest BCUT2D eigenvalue weighted by atomic mass is 10.1. The molecule has 5 heteroatoms. The van der Waals surface area contributed by atoms with Crippen molar-refractivity contribution in [2.24, 2.45) is 0 Å².